The van der Waals surface area contributed by atoms with Crippen molar-refractivity contribution in [2.24, 2.45) is 0 Å². The van der Waals surface area contributed by atoms with Crippen molar-refractivity contribution in [2.45, 2.75) is 79.4 Å². The van der Waals surface area contributed by atoms with Crippen molar-refractivity contribution >= 4 is 27.5 Å². The number of sulfonamides is 1. The van der Waals surface area contributed by atoms with Crippen LogP contribution in [0.3, 0.4) is 0 Å². The highest BCUT2D eigenvalue weighted by Crippen LogP contribution is 2.24. The Hall–Kier alpha value is -2.87. The molecule has 36 heavy (non-hydrogen) atoms. The number of hydrogen-bond acceptors (Lipinski definition) is 4. The molecule has 0 aliphatic rings. The van der Waals surface area contributed by atoms with Crippen LogP contribution in [0.2, 0.25) is 0 Å². The first kappa shape index (κ1) is 29.4. The molecular weight excluding hydrogens is 474 g/mol. The van der Waals surface area contributed by atoms with Gasteiger partial charge in [0.05, 0.1) is 11.9 Å². The number of carbonyl (C=O) groups excluding carboxylic acids is 2. The van der Waals surface area contributed by atoms with Crippen LogP contribution in [0.5, 0.6) is 0 Å². The number of anilines is 1. The highest BCUT2D eigenvalue weighted by Gasteiger charge is 2.27. The second-order valence-electron chi connectivity index (χ2n) is 9.73. The lowest BCUT2D eigenvalue weighted by Crippen LogP contribution is -2.49. The summed E-state index contributed by atoms with van der Waals surface area (Å²) in [6.45, 7) is 11.9. The topological polar surface area (TPSA) is 86.8 Å². The van der Waals surface area contributed by atoms with Gasteiger partial charge in [0, 0.05) is 25.6 Å². The van der Waals surface area contributed by atoms with Gasteiger partial charge in [-0.1, -0.05) is 48.9 Å². The van der Waals surface area contributed by atoms with Gasteiger partial charge >= 0.3 is 0 Å². The average molecular weight is 516 g/mol. The Morgan fingerprint density at radius 3 is 2.28 bits per heavy atom. The smallest absolute Gasteiger partial charge is 0.242 e. The molecule has 2 amide bonds. The fourth-order valence-electron chi connectivity index (χ4n) is 4.03. The molecular formula is C28H41N3O4S. The van der Waals surface area contributed by atoms with Crippen LogP contribution in [0.15, 0.2) is 42.5 Å². The van der Waals surface area contributed by atoms with Crippen molar-refractivity contribution in [1.82, 2.24) is 10.2 Å². The number of rotatable bonds is 12. The summed E-state index contributed by atoms with van der Waals surface area (Å²) in [4.78, 5) is 27.9. The van der Waals surface area contributed by atoms with Gasteiger partial charge < -0.3 is 10.2 Å². The predicted octanol–water partition coefficient (Wildman–Crippen LogP) is 4.49. The van der Waals surface area contributed by atoms with Gasteiger partial charge in [0.15, 0.2) is 0 Å². The molecule has 7 nitrogen and oxygen atoms in total. The number of nitrogens with zero attached hydrogens (tertiary/aromatic N) is 2. The standard InChI is InChI=1S/C28H41N3O4S/c1-8-23(5)29-28(33)24(6)30(19-25-12-9-11-20(2)17-25)27(32)13-10-16-31(36(7,34)35)26-18-21(3)14-15-22(26)4/h9,11-12,14-15,17-18,23-24H,8,10,13,16,19H2,1-7H3,(H,29,33)/t23-,24-/m1/s1. The Balaban J connectivity index is 2.21. The van der Waals surface area contributed by atoms with E-state index in [1.54, 1.807) is 11.8 Å². The molecule has 0 aliphatic heterocycles. The van der Waals surface area contributed by atoms with E-state index < -0.39 is 16.1 Å². The first-order valence-corrected chi connectivity index (χ1v) is 14.4. The summed E-state index contributed by atoms with van der Waals surface area (Å²) in [7, 11) is -3.53. The van der Waals surface area contributed by atoms with E-state index in [4.69, 9.17) is 0 Å². The molecule has 2 aromatic carbocycles. The van der Waals surface area contributed by atoms with Gasteiger partial charge in [0.2, 0.25) is 21.8 Å². The van der Waals surface area contributed by atoms with Gasteiger partial charge in [-0.25, -0.2) is 8.42 Å². The molecule has 1 N–H and O–H groups in total. The van der Waals surface area contributed by atoms with Crippen LogP contribution in [0.1, 0.15) is 62.3 Å². The van der Waals surface area contributed by atoms with Crippen molar-refractivity contribution in [2.75, 3.05) is 17.1 Å². The molecule has 2 rings (SSSR count). The predicted molar refractivity (Wildman–Crippen MR) is 146 cm³/mol. The van der Waals surface area contributed by atoms with Gasteiger partial charge in [0.25, 0.3) is 0 Å². The maximum Gasteiger partial charge on any atom is 0.242 e. The quantitative estimate of drug-likeness (QED) is 0.451. The third-order valence-corrected chi connectivity index (χ3v) is 7.57. The van der Waals surface area contributed by atoms with Crippen LogP contribution >= 0.6 is 0 Å². The molecule has 2 atom stereocenters. The van der Waals surface area contributed by atoms with Crippen molar-refractivity contribution in [3.63, 3.8) is 0 Å². The van der Waals surface area contributed by atoms with Crippen LogP contribution < -0.4 is 9.62 Å². The molecule has 0 fully saturated rings. The minimum atomic E-state index is -3.53. The molecule has 198 valence electrons. The Labute approximate surface area is 216 Å². The minimum Gasteiger partial charge on any atom is -0.352 e. The van der Waals surface area contributed by atoms with Crippen molar-refractivity contribution in [3.05, 3.63) is 64.7 Å². The fraction of sp³-hybridized carbons (Fsp3) is 0.500. The fourth-order valence-corrected chi connectivity index (χ4v) is 5.04. The zero-order chi connectivity index (χ0) is 27.0. The summed E-state index contributed by atoms with van der Waals surface area (Å²) in [5, 5.41) is 2.97. The average Bonchev–Trinajstić information content (AvgIpc) is 2.80. The van der Waals surface area contributed by atoms with Gasteiger partial charge in [-0.05, 0) is 70.2 Å². The van der Waals surface area contributed by atoms with Gasteiger partial charge in [-0.15, -0.1) is 0 Å². The number of benzene rings is 2. The maximum atomic E-state index is 13.4. The number of nitrogens with one attached hydrogen (secondary N) is 1. The maximum absolute atomic E-state index is 13.4. The molecule has 0 unspecified atom stereocenters. The zero-order valence-corrected chi connectivity index (χ0v) is 23.5. The zero-order valence-electron chi connectivity index (χ0n) is 22.7. The van der Waals surface area contributed by atoms with E-state index in [1.807, 2.05) is 77.1 Å². The molecule has 0 spiro atoms. The molecule has 0 radical (unpaired) electrons. The molecule has 2 aromatic rings. The van der Waals surface area contributed by atoms with E-state index in [2.05, 4.69) is 5.32 Å². The van der Waals surface area contributed by atoms with Gasteiger partial charge in [-0.3, -0.25) is 13.9 Å². The number of aryl methyl sites for hydroxylation is 3. The van der Waals surface area contributed by atoms with Crippen LogP contribution in [-0.2, 0) is 26.2 Å². The highest BCUT2D eigenvalue weighted by atomic mass is 32.2. The SMILES string of the molecule is CC[C@@H](C)NC(=O)[C@@H](C)N(Cc1cccc(C)c1)C(=O)CCCN(c1cc(C)ccc1C)S(C)(=O)=O. The summed E-state index contributed by atoms with van der Waals surface area (Å²) in [5.74, 6) is -0.378. The summed E-state index contributed by atoms with van der Waals surface area (Å²) in [5.41, 5.74) is 4.47. The normalized spacial score (nSPS) is 13.1. The van der Waals surface area contributed by atoms with Crippen molar-refractivity contribution in [1.29, 1.82) is 0 Å². The van der Waals surface area contributed by atoms with Gasteiger partial charge in [0.1, 0.15) is 6.04 Å². The summed E-state index contributed by atoms with van der Waals surface area (Å²) in [6, 6.07) is 12.9. The number of carbonyl (C=O) groups is 2. The lowest BCUT2D eigenvalue weighted by Gasteiger charge is -2.30. The first-order chi connectivity index (χ1) is 16.8. The van der Waals surface area contributed by atoms with E-state index in [9.17, 15) is 18.0 Å². The Bertz CT molecular complexity index is 1160. The van der Waals surface area contributed by atoms with Crippen LogP contribution in [0.25, 0.3) is 0 Å². The summed E-state index contributed by atoms with van der Waals surface area (Å²) < 4.78 is 26.5. The monoisotopic (exact) mass is 515 g/mol. The second-order valence-corrected chi connectivity index (χ2v) is 11.6. The lowest BCUT2D eigenvalue weighted by atomic mass is 10.1. The third-order valence-electron chi connectivity index (χ3n) is 6.39. The summed E-state index contributed by atoms with van der Waals surface area (Å²) in [6.07, 6.45) is 2.44. The number of amides is 2. The molecule has 0 aromatic heterocycles. The van der Waals surface area contributed by atoms with Crippen LogP contribution in [0.4, 0.5) is 5.69 Å². The van der Waals surface area contributed by atoms with E-state index in [-0.39, 0.29) is 30.8 Å². The van der Waals surface area contributed by atoms with E-state index in [1.165, 1.54) is 10.6 Å². The Kier molecular flexibility index (Phi) is 10.5. The Morgan fingerprint density at radius 1 is 1.00 bits per heavy atom. The van der Waals surface area contributed by atoms with Crippen LogP contribution in [0, 0.1) is 20.8 Å². The molecule has 8 heteroatoms. The lowest BCUT2D eigenvalue weighted by molar-refractivity contribution is -0.140. The molecule has 0 heterocycles. The second kappa shape index (κ2) is 12.9. The van der Waals surface area contributed by atoms with E-state index in [0.29, 0.717) is 18.7 Å². The highest BCUT2D eigenvalue weighted by molar-refractivity contribution is 7.92. The van der Waals surface area contributed by atoms with Gasteiger partial charge in [-0.2, -0.15) is 0 Å². The molecule has 0 saturated heterocycles. The molecule has 0 bridgehead atoms. The number of hydrogen-bond donors (Lipinski definition) is 1. The first-order valence-electron chi connectivity index (χ1n) is 12.5. The van der Waals surface area contributed by atoms with E-state index in [0.717, 1.165) is 28.7 Å². The molecule has 0 saturated carbocycles. The van der Waals surface area contributed by atoms with Crippen molar-refractivity contribution in [3.8, 4) is 0 Å². The van der Waals surface area contributed by atoms with Crippen LogP contribution in [-0.4, -0.2) is 50.0 Å². The van der Waals surface area contributed by atoms with E-state index >= 15 is 0 Å². The third kappa shape index (κ3) is 8.36. The van der Waals surface area contributed by atoms with Crippen molar-refractivity contribution < 1.29 is 18.0 Å². The Morgan fingerprint density at radius 2 is 1.67 bits per heavy atom. The molecule has 0 aliphatic carbocycles. The largest absolute Gasteiger partial charge is 0.352 e. The minimum absolute atomic E-state index is 0.0109. The summed E-state index contributed by atoms with van der Waals surface area (Å²) >= 11 is 0.